The molecule has 0 saturated carbocycles. The topological polar surface area (TPSA) is 58.6 Å². The minimum atomic E-state index is -4.75. The number of ether oxygens (including phenoxy) is 1. The SMILES string of the molecule is O=C(O)/C=C/Nc1cccc(OC(F)(F)F)c1. The number of aliphatic carboxylic acids is 1. The maximum atomic E-state index is 11.9. The van der Waals surface area contributed by atoms with Gasteiger partial charge >= 0.3 is 12.3 Å². The van der Waals surface area contributed by atoms with Gasteiger partial charge in [0.05, 0.1) is 0 Å². The molecule has 1 aromatic rings. The average molecular weight is 247 g/mol. The van der Waals surface area contributed by atoms with Crippen LogP contribution in [-0.2, 0) is 4.79 Å². The van der Waals surface area contributed by atoms with Gasteiger partial charge in [-0.2, -0.15) is 0 Å². The average Bonchev–Trinajstić information content (AvgIpc) is 2.14. The molecular weight excluding hydrogens is 239 g/mol. The minimum absolute atomic E-state index is 0.282. The Labute approximate surface area is 94.3 Å². The van der Waals surface area contributed by atoms with E-state index in [9.17, 15) is 18.0 Å². The molecule has 0 amide bonds. The highest BCUT2D eigenvalue weighted by Crippen LogP contribution is 2.24. The maximum Gasteiger partial charge on any atom is 0.573 e. The molecule has 0 spiro atoms. The molecule has 92 valence electrons. The summed E-state index contributed by atoms with van der Waals surface area (Å²) in [5, 5.41) is 10.8. The number of benzene rings is 1. The maximum absolute atomic E-state index is 11.9. The first-order valence-corrected chi connectivity index (χ1v) is 4.38. The molecule has 0 heterocycles. The summed E-state index contributed by atoms with van der Waals surface area (Å²) in [5.74, 6) is -1.55. The molecule has 0 aliphatic carbocycles. The Kier molecular flexibility index (Phi) is 3.97. The molecule has 0 saturated heterocycles. The fraction of sp³-hybridized carbons (Fsp3) is 0.100. The van der Waals surface area contributed by atoms with Crippen molar-refractivity contribution in [3.63, 3.8) is 0 Å². The molecule has 1 rings (SSSR count). The summed E-state index contributed by atoms with van der Waals surface area (Å²) in [6.07, 6.45) is -2.85. The fourth-order valence-electron chi connectivity index (χ4n) is 0.992. The Morgan fingerprint density at radius 1 is 1.41 bits per heavy atom. The number of alkyl halides is 3. The minimum Gasteiger partial charge on any atom is -0.478 e. The highest BCUT2D eigenvalue weighted by molar-refractivity contribution is 5.80. The van der Waals surface area contributed by atoms with Gasteiger partial charge in [0.1, 0.15) is 5.75 Å². The van der Waals surface area contributed by atoms with Crippen molar-refractivity contribution in [2.75, 3.05) is 5.32 Å². The van der Waals surface area contributed by atoms with E-state index in [1.807, 2.05) is 0 Å². The highest BCUT2D eigenvalue weighted by Gasteiger charge is 2.31. The van der Waals surface area contributed by atoms with E-state index in [0.29, 0.717) is 0 Å². The molecule has 0 aliphatic rings. The van der Waals surface area contributed by atoms with Crippen LogP contribution in [0.4, 0.5) is 18.9 Å². The summed E-state index contributed by atoms with van der Waals surface area (Å²) in [5.41, 5.74) is 0.282. The Hall–Kier alpha value is -2.18. The molecule has 0 atom stereocenters. The number of hydrogen-bond donors (Lipinski definition) is 2. The van der Waals surface area contributed by atoms with Crippen LogP contribution in [0.3, 0.4) is 0 Å². The number of anilines is 1. The van der Waals surface area contributed by atoms with E-state index in [1.165, 1.54) is 12.1 Å². The van der Waals surface area contributed by atoms with Gasteiger partial charge in [-0.05, 0) is 12.1 Å². The normalized spacial score (nSPS) is 11.5. The Morgan fingerprint density at radius 3 is 2.71 bits per heavy atom. The van der Waals surface area contributed by atoms with Crippen molar-refractivity contribution in [2.45, 2.75) is 6.36 Å². The third-order valence-corrected chi connectivity index (χ3v) is 1.54. The molecular formula is C10H8F3NO3. The molecule has 17 heavy (non-hydrogen) atoms. The van der Waals surface area contributed by atoms with Crippen LogP contribution in [0, 0.1) is 0 Å². The monoisotopic (exact) mass is 247 g/mol. The molecule has 4 nitrogen and oxygen atoms in total. The number of carboxylic acid groups (broad SMARTS) is 1. The summed E-state index contributed by atoms with van der Waals surface area (Å²) >= 11 is 0. The van der Waals surface area contributed by atoms with Crippen LogP contribution >= 0.6 is 0 Å². The molecule has 0 bridgehead atoms. The van der Waals surface area contributed by atoms with Crippen molar-refractivity contribution < 1.29 is 27.8 Å². The number of nitrogens with one attached hydrogen (secondary N) is 1. The first-order chi connectivity index (χ1) is 7.87. The first kappa shape index (κ1) is 12.9. The number of hydrogen-bond acceptors (Lipinski definition) is 3. The summed E-state index contributed by atoms with van der Waals surface area (Å²) in [7, 11) is 0. The quantitative estimate of drug-likeness (QED) is 0.803. The van der Waals surface area contributed by atoms with E-state index in [0.717, 1.165) is 24.4 Å². The van der Waals surface area contributed by atoms with Crippen LogP contribution in [0.15, 0.2) is 36.5 Å². The number of carboxylic acids is 1. The second-order valence-corrected chi connectivity index (χ2v) is 2.89. The van der Waals surface area contributed by atoms with Gasteiger partial charge in [-0.3, -0.25) is 0 Å². The van der Waals surface area contributed by atoms with Crippen molar-refractivity contribution in [2.24, 2.45) is 0 Å². The number of rotatable bonds is 4. The first-order valence-electron chi connectivity index (χ1n) is 4.38. The van der Waals surface area contributed by atoms with E-state index in [1.54, 1.807) is 0 Å². The smallest absolute Gasteiger partial charge is 0.478 e. The Balaban J connectivity index is 2.69. The fourth-order valence-corrected chi connectivity index (χ4v) is 0.992. The van der Waals surface area contributed by atoms with Crippen LogP contribution in [0.25, 0.3) is 0 Å². The zero-order valence-electron chi connectivity index (χ0n) is 8.36. The lowest BCUT2D eigenvalue weighted by molar-refractivity contribution is -0.274. The lowest BCUT2D eigenvalue weighted by Crippen LogP contribution is -2.17. The summed E-state index contributed by atoms with van der Waals surface area (Å²) in [6, 6.07) is 5.05. The molecule has 0 radical (unpaired) electrons. The van der Waals surface area contributed by atoms with Crippen LogP contribution in [-0.4, -0.2) is 17.4 Å². The van der Waals surface area contributed by atoms with Crippen molar-refractivity contribution in [3.05, 3.63) is 36.5 Å². The van der Waals surface area contributed by atoms with Gasteiger partial charge in [0.2, 0.25) is 0 Å². The largest absolute Gasteiger partial charge is 0.573 e. The molecule has 7 heteroatoms. The number of carbonyl (C=O) groups is 1. The van der Waals surface area contributed by atoms with E-state index in [-0.39, 0.29) is 11.4 Å². The second kappa shape index (κ2) is 5.24. The van der Waals surface area contributed by atoms with E-state index < -0.39 is 12.3 Å². The summed E-state index contributed by atoms with van der Waals surface area (Å²) in [6.45, 7) is 0. The second-order valence-electron chi connectivity index (χ2n) is 2.89. The predicted molar refractivity (Wildman–Crippen MR) is 53.5 cm³/mol. The molecule has 0 aliphatic heterocycles. The standard InChI is InChI=1S/C10H8F3NO3/c11-10(12,13)17-8-3-1-2-7(6-8)14-5-4-9(15)16/h1-6,14H,(H,15,16)/b5-4+. The van der Waals surface area contributed by atoms with E-state index in [2.05, 4.69) is 10.1 Å². The van der Waals surface area contributed by atoms with Crippen LogP contribution < -0.4 is 10.1 Å². The molecule has 0 aromatic heterocycles. The molecule has 0 unspecified atom stereocenters. The van der Waals surface area contributed by atoms with Crippen molar-refractivity contribution >= 4 is 11.7 Å². The van der Waals surface area contributed by atoms with Crippen LogP contribution in [0.2, 0.25) is 0 Å². The van der Waals surface area contributed by atoms with Crippen molar-refractivity contribution in [3.8, 4) is 5.75 Å². The van der Waals surface area contributed by atoms with Gasteiger partial charge < -0.3 is 15.2 Å². The van der Waals surface area contributed by atoms with Crippen LogP contribution in [0.1, 0.15) is 0 Å². The Morgan fingerprint density at radius 2 is 2.12 bits per heavy atom. The lowest BCUT2D eigenvalue weighted by Gasteiger charge is -2.09. The van der Waals surface area contributed by atoms with Gasteiger partial charge in [0.25, 0.3) is 0 Å². The summed E-state index contributed by atoms with van der Waals surface area (Å²) in [4.78, 5) is 10.1. The zero-order valence-corrected chi connectivity index (χ0v) is 8.36. The Bertz CT molecular complexity index is 429. The van der Waals surface area contributed by atoms with Gasteiger partial charge in [0.15, 0.2) is 0 Å². The lowest BCUT2D eigenvalue weighted by atomic mass is 10.3. The molecule has 1 aromatic carbocycles. The van der Waals surface area contributed by atoms with Crippen LogP contribution in [0.5, 0.6) is 5.75 Å². The zero-order chi connectivity index (χ0) is 12.9. The van der Waals surface area contributed by atoms with E-state index >= 15 is 0 Å². The van der Waals surface area contributed by atoms with Crippen molar-refractivity contribution in [1.82, 2.24) is 0 Å². The van der Waals surface area contributed by atoms with Gasteiger partial charge in [0, 0.05) is 24.0 Å². The van der Waals surface area contributed by atoms with Gasteiger partial charge in [-0.1, -0.05) is 6.07 Å². The molecule has 0 fully saturated rings. The highest BCUT2D eigenvalue weighted by atomic mass is 19.4. The third kappa shape index (κ3) is 5.45. The van der Waals surface area contributed by atoms with E-state index in [4.69, 9.17) is 5.11 Å². The van der Waals surface area contributed by atoms with Crippen molar-refractivity contribution in [1.29, 1.82) is 0 Å². The third-order valence-electron chi connectivity index (χ3n) is 1.54. The summed E-state index contributed by atoms with van der Waals surface area (Å²) < 4.78 is 39.4. The number of halogens is 3. The predicted octanol–water partition coefficient (Wildman–Crippen LogP) is 2.60. The molecule has 2 N–H and O–H groups in total. The van der Waals surface area contributed by atoms with Gasteiger partial charge in [-0.25, -0.2) is 4.79 Å². The van der Waals surface area contributed by atoms with Gasteiger partial charge in [-0.15, -0.1) is 13.2 Å².